The first kappa shape index (κ1) is 24.9. The van der Waals surface area contributed by atoms with E-state index in [1.54, 1.807) is 38.3 Å². The van der Waals surface area contributed by atoms with E-state index in [2.05, 4.69) is 43.5 Å². The summed E-state index contributed by atoms with van der Waals surface area (Å²) in [6.07, 6.45) is 1.57. The zero-order valence-corrected chi connectivity index (χ0v) is 22.3. The summed E-state index contributed by atoms with van der Waals surface area (Å²) < 4.78 is 18.6. The zero-order valence-electron chi connectivity index (χ0n) is 18.6. The summed E-state index contributed by atoms with van der Waals surface area (Å²) in [4.78, 5) is 27.5. The number of rotatable bonds is 7. The second-order valence-electron chi connectivity index (χ2n) is 7.54. The molecule has 0 radical (unpaired) electrons. The van der Waals surface area contributed by atoms with Gasteiger partial charge in [-0.15, -0.1) is 0 Å². The topological polar surface area (TPSA) is 100 Å². The highest BCUT2D eigenvalue weighted by Crippen LogP contribution is 2.36. The van der Waals surface area contributed by atoms with Crippen molar-refractivity contribution in [2.45, 2.75) is 13.5 Å². The van der Waals surface area contributed by atoms with Crippen LogP contribution in [0.1, 0.15) is 22.3 Å². The largest absolute Gasteiger partial charge is 0.493 e. The number of esters is 1. The van der Waals surface area contributed by atoms with Gasteiger partial charge in [-0.1, -0.05) is 34.1 Å². The maximum absolute atomic E-state index is 12.4. The molecule has 0 bridgehead atoms. The molecule has 178 valence electrons. The van der Waals surface area contributed by atoms with Gasteiger partial charge in [0.05, 0.1) is 15.6 Å². The maximum atomic E-state index is 12.4. The number of carbonyl (C=O) groups is 1. The molecule has 1 aliphatic rings. The zero-order chi connectivity index (χ0) is 25.1. The van der Waals surface area contributed by atoms with E-state index in [4.69, 9.17) is 14.2 Å². The molecule has 3 aromatic carbocycles. The Balaban J connectivity index is 1.60. The number of halogens is 2. The number of nitro groups is 1. The maximum Gasteiger partial charge on any atom is 0.363 e. The van der Waals surface area contributed by atoms with Crippen LogP contribution in [-0.2, 0) is 16.1 Å². The molecule has 0 aliphatic carbocycles. The molecular weight excluding hydrogens is 631 g/mol. The summed E-state index contributed by atoms with van der Waals surface area (Å²) in [5.74, 6) is 0.460. The highest BCUT2D eigenvalue weighted by molar-refractivity contribution is 14.1. The Morgan fingerprint density at radius 2 is 1.91 bits per heavy atom. The minimum Gasteiger partial charge on any atom is -0.493 e. The molecule has 0 spiro atoms. The Labute approximate surface area is 223 Å². The van der Waals surface area contributed by atoms with Gasteiger partial charge in [-0.3, -0.25) is 10.1 Å². The lowest BCUT2D eigenvalue weighted by molar-refractivity contribution is -0.385. The van der Waals surface area contributed by atoms with E-state index in [9.17, 15) is 14.9 Å². The van der Waals surface area contributed by atoms with Gasteiger partial charge in [0.2, 0.25) is 5.90 Å². The average molecular weight is 649 g/mol. The third-order valence-corrected chi connectivity index (χ3v) is 6.45. The molecule has 0 unspecified atom stereocenters. The van der Waals surface area contributed by atoms with Crippen LogP contribution in [0.5, 0.6) is 11.5 Å². The van der Waals surface area contributed by atoms with Gasteiger partial charge < -0.3 is 14.2 Å². The molecule has 1 heterocycles. The molecule has 3 aromatic rings. The number of hydrogen-bond donors (Lipinski definition) is 0. The second kappa shape index (κ2) is 10.6. The highest BCUT2D eigenvalue weighted by atomic mass is 127. The molecule has 4 rings (SSSR count). The Bertz CT molecular complexity index is 1390. The number of carbonyl (C=O) groups excluding carboxylic acids is 1. The number of nitrogens with zero attached hydrogens (tertiary/aromatic N) is 2. The Kier molecular flexibility index (Phi) is 7.51. The van der Waals surface area contributed by atoms with E-state index in [-0.39, 0.29) is 17.3 Å². The molecule has 0 amide bonds. The first-order chi connectivity index (χ1) is 16.7. The van der Waals surface area contributed by atoms with E-state index < -0.39 is 10.9 Å². The molecule has 10 heteroatoms. The summed E-state index contributed by atoms with van der Waals surface area (Å²) in [6.45, 7) is 2.00. The summed E-state index contributed by atoms with van der Waals surface area (Å²) in [5.41, 5.74) is 2.52. The summed E-state index contributed by atoms with van der Waals surface area (Å²) in [7, 11) is 1.54. The molecule has 8 nitrogen and oxygen atoms in total. The number of cyclic esters (lactones) is 1. The molecule has 0 saturated carbocycles. The predicted molar refractivity (Wildman–Crippen MR) is 143 cm³/mol. The van der Waals surface area contributed by atoms with Crippen molar-refractivity contribution >= 4 is 62.2 Å². The van der Waals surface area contributed by atoms with Gasteiger partial charge in [-0.25, -0.2) is 9.79 Å². The number of hydrogen-bond acceptors (Lipinski definition) is 7. The number of nitro benzene ring substituents is 1. The van der Waals surface area contributed by atoms with Crippen molar-refractivity contribution in [3.05, 3.63) is 101 Å². The quantitative estimate of drug-likeness (QED) is 0.0994. The average Bonchev–Trinajstić information content (AvgIpc) is 3.19. The van der Waals surface area contributed by atoms with E-state index in [1.807, 2.05) is 30.3 Å². The van der Waals surface area contributed by atoms with Gasteiger partial charge in [0, 0.05) is 21.7 Å². The van der Waals surface area contributed by atoms with E-state index in [0.717, 1.165) is 13.6 Å². The lowest BCUT2D eigenvalue weighted by Crippen LogP contribution is -2.06. The van der Waals surface area contributed by atoms with Crippen molar-refractivity contribution in [3.63, 3.8) is 0 Å². The third kappa shape index (κ3) is 5.70. The number of aliphatic imine (C=N–C) groups is 1. The van der Waals surface area contributed by atoms with Crippen molar-refractivity contribution in [3.8, 4) is 11.5 Å². The van der Waals surface area contributed by atoms with Crippen LogP contribution in [0.15, 0.2) is 69.8 Å². The molecule has 1 aliphatic heterocycles. The van der Waals surface area contributed by atoms with Crippen molar-refractivity contribution in [1.82, 2.24) is 0 Å². The van der Waals surface area contributed by atoms with Crippen LogP contribution < -0.4 is 9.47 Å². The van der Waals surface area contributed by atoms with Gasteiger partial charge >= 0.3 is 5.97 Å². The van der Waals surface area contributed by atoms with E-state index >= 15 is 0 Å². The summed E-state index contributed by atoms with van der Waals surface area (Å²) >= 11 is 5.56. The highest BCUT2D eigenvalue weighted by Gasteiger charge is 2.26. The van der Waals surface area contributed by atoms with Crippen molar-refractivity contribution < 1.29 is 23.9 Å². The minimum absolute atomic E-state index is 0.0143. The van der Waals surface area contributed by atoms with Crippen LogP contribution in [0.4, 0.5) is 5.69 Å². The molecule has 35 heavy (non-hydrogen) atoms. The normalized spacial score (nSPS) is 14.0. The van der Waals surface area contributed by atoms with Crippen LogP contribution in [0.25, 0.3) is 6.08 Å². The summed E-state index contributed by atoms with van der Waals surface area (Å²) in [6, 6.07) is 16.0. The minimum atomic E-state index is -0.646. The van der Waals surface area contributed by atoms with Crippen LogP contribution in [0.2, 0.25) is 0 Å². The first-order valence-corrected chi connectivity index (χ1v) is 12.1. The van der Waals surface area contributed by atoms with Gasteiger partial charge in [0.1, 0.15) is 6.61 Å². The number of ether oxygens (including phenoxy) is 3. The number of methoxy groups -OCH3 is 1. The predicted octanol–water partition coefficient (Wildman–Crippen LogP) is 6.20. The van der Waals surface area contributed by atoms with Gasteiger partial charge in [0.15, 0.2) is 17.2 Å². The third-order valence-electron chi connectivity index (χ3n) is 5.12. The van der Waals surface area contributed by atoms with E-state index in [1.165, 1.54) is 6.07 Å². The Morgan fingerprint density at radius 3 is 2.60 bits per heavy atom. The van der Waals surface area contributed by atoms with Crippen molar-refractivity contribution in [2.75, 3.05) is 7.11 Å². The van der Waals surface area contributed by atoms with Gasteiger partial charge in [0.25, 0.3) is 5.69 Å². The molecule has 0 aromatic heterocycles. The fourth-order valence-corrected chi connectivity index (χ4v) is 4.37. The second-order valence-corrected chi connectivity index (χ2v) is 9.62. The molecule has 0 fully saturated rings. The fraction of sp³-hybridized carbons (Fsp3) is 0.120. The molecule has 0 atom stereocenters. The standard InChI is InChI=1S/C25H18BrIN2O6/c1-14-3-6-17(12-21(14)29(31)32)24-28-20(25(30)35-24)10-16-9-19(27)23(22(11-16)33-2)34-13-15-4-7-18(26)8-5-15/h3-12H,13H2,1-2H3/b20-10-. The first-order valence-electron chi connectivity index (χ1n) is 10.3. The van der Waals surface area contributed by atoms with Crippen LogP contribution in [-0.4, -0.2) is 23.9 Å². The van der Waals surface area contributed by atoms with Crippen molar-refractivity contribution in [2.24, 2.45) is 4.99 Å². The fourth-order valence-electron chi connectivity index (χ4n) is 3.33. The lowest BCUT2D eigenvalue weighted by atomic mass is 10.1. The SMILES string of the molecule is COc1cc(/C=C2\N=C(c3ccc(C)c([N+](=O)[O-])c3)OC2=O)cc(I)c1OCc1ccc(Br)cc1. The lowest BCUT2D eigenvalue weighted by Gasteiger charge is -2.14. The van der Waals surface area contributed by atoms with E-state index in [0.29, 0.717) is 34.8 Å². The number of aryl methyl sites for hydroxylation is 1. The van der Waals surface area contributed by atoms with Gasteiger partial charge in [-0.2, -0.15) is 0 Å². The number of benzene rings is 3. The van der Waals surface area contributed by atoms with Crippen LogP contribution in [0, 0.1) is 20.6 Å². The van der Waals surface area contributed by atoms with Crippen LogP contribution >= 0.6 is 38.5 Å². The van der Waals surface area contributed by atoms with Crippen molar-refractivity contribution in [1.29, 1.82) is 0 Å². The Morgan fingerprint density at radius 1 is 1.17 bits per heavy atom. The van der Waals surface area contributed by atoms with Crippen LogP contribution in [0.3, 0.4) is 0 Å². The van der Waals surface area contributed by atoms with Gasteiger partial charge in [-0.05, 0) is 77.0 Å². The monoisotopic (exact) mass is 648 g/mol. The summed E-state index contributed by atoms with van der Waals surface area (Å²) in [5, 5.41) is 11.2. The molecule has 0 N–H and O–H groups in total. The molecule has 0 saturated heterocycles. The molecular formula is C25H18BrIN2O6. The Hall–Kier alpha value is -3.25. The smallest absolute Gasteiger partial charge is 0.363 e.